The highest BCUT2D eigenvalue weighted by molar-refractivity contribution is 5.94. The van der Waals surface area contributed by atoms with Crippen molar-refractivity contribution >= 4 is 11.9 Å². The molecule has 1 atom stereocenters. The predicted octanol–water partition coefficient (Wildman–Crippen LogP) is 3.46. The van der Waals surface area contributed by atoms with Gasteiger partial charge in [0.15, 0.2) is 0 Å². The summed E-state index contributed by atoms with van der Waals surface area (Å²) in [7, 11) is 0. The SMILES string of the molecule is CC(C)COc1ccc(C(=O)NCC(C(=O)O)c2ccc(F)cc2)cc1. The predicted molar refractivity (Wildman–Crippen MR) is 95.9 cm³/mol. The van der Waals surface area contributed by atoms with E-state index in [1.54, 1.807) is 24.3 Å². The lowest BCUT2D eigenvalue weighted by atomic mass is 9.99. The lowest BCUT2D eigenvalue weighted by Gasteiger charge is -2.14. The van der Waals surface area contributed by atoms with Gasteiger partial charge in [0.25, 0.3) is 5.91 Å². The van der Waals surface area contributed by atoms with Gasteiger partial charge in [-0.2, -0.15) is 0 Å². The molecule has 0 aliphatic carbocycles. The fourth-order valence-electron chi connectivity index (χ4n) is 2.31. The number of nitrogens with one attached hydrogen (secondary N) is 1. The maximum absolute atomic E-state index is 13.0. The fraction of sp³-hybridized carbons (Fsp3) is 0.300. The highest BCUT2D eigenvalue weighted by Gasteiger charge is 2.21. The Hall–Kier alpha value is -2.89. The molecule has 5 nitrogen and oxygen atoms in total. The van der Waals surface area contributed by atoms with Gasteiger partial charge < -0.3 is 15.2 Å². The van der Waals surface area contributed by atoms with Gasteiger partial charge in [-0.3, -0.25) is 9.59 Å². The molecule has 2 aromatic rings. The quantitative estimate of drug-likeness (QED) is 0.757. The second-order valence-corrected chi connectivity index (χ2v) is 6.38. The van der Waals surface area contributed by atoms with Crippen LogP contribution in [-0.2, 0) is 4.79 Å². The number of halogens is 1. The van der Waals surface area contributed by atoms with Gasteiger partial charge in [-0.1, -0.05) is 26.0 Å². The highest BCUT2D eigenvalue weighted by Crippen LogP contribution is 2.17. The van der Waals surface area contributed by atoms with E-state index < -0.39 is 17.7 Å². The Kier molecular flexibility index (Phi) is 6.72. The molecule has 0 spiro atoms. The fourth-order valence-corrected chi connectivity index (χ4v) is 2.31. The first kappa shape index (κ1) is 19.4. The van der Waals surface area contributed by atoms with E-state index in [0.29, 0.717) is 29.4 Å². The third kappa shape index (κ3) is 5.58. The maximum Gasteiger partial charge on any atom is 0.312 e. The first-order chi connectivity index (χ1) is 12.4. The Balaban J connectivity index is 1.97. The van der Waals surface area contributed by atoms with Crippen LogP contribution in [0.2, 0.25) is 0 Å². The third-order valence-electron chi connectivity index (χ3n) is 3.74. The second-order valence-electron chi connectivity index (χ2n) is 6.38. The molecule has 0 bridgehead atoms. The van der Waals surface area contributed by atoms with Crippen molar-refractivity contribution < 1.29 is 23.8 Å². The number of rotatable bonds is 8. The lowest BCUT2D eigenvalue weighted by Crippen LogP contribution is -2.31. The molecule has 0 radical (unpaired) electrons. The van der Waals surface area contributed by atoms with Gasteiger partial charge in [-0.15, -0.1) is 0 Å². The third-order valence-corrected chi connectivity index (χ3v) is 3.74. The molecule has 6 heteroatoms. The van der Waals surface area contributed by atoms with Crippen LogP contribution in [0.4, 0.5) is 4.39 Å². The Morgan fingerprint density at radius 1 is 1.08 bits per heavy atom. The van der Waals surface area contributed by atoms with Crippen LogP contribution in [0.25, 0.3) is 0 Å². The average Bonchev–Trinajstić information content (AvgIpc) is 2.61. The molecule has 0 aromatic heterocycles. The van der Waals surface area contributed by atoms with E-state index in [9.17, 15) is 19.1 Å². The Bertz CT molecular complexity index is 741. The van der Waals surface area contributed by atoms with Gasteiger partial charge >= 0.3 is 5.97 Å². The summed E-state index contributed by atoms with van der Waals surface area (Å²) in [4.78, 5) is 23.7. The molecule has 1 amide bonds. The molecular weight excluding hydrogens is 337 g/mol. The first-order valence-electron chi connectivity index (χ1n) is 8.36. The number of aliphatic carboxylic acids is 1. The topological polar surface area (TPSA) is 75.6 Å². The van der Waals surface area contributed by atoms with E-state index in [0.717, 1.165) is 0 Å². The molecule has 0 saturated heterocycles. The van der Waals surface area contributed by atoms with Crippen LogP contribution in [0, 0.1) is 11.7 Å². The summed E-state index contributed by atoms with van der Waals surface area (Å²) in [5, 5.41) is 12.0. The standard InChI is InChI=1S/C20H22FNO4/c1-13(2)12-26-17-9-5-15(6-10-17)19(23)22-11-18(20(24)25)14-3-7-16(21)8-4-14/h3-10,13,18H,11-12H2,1-2H3,(H,22,23)(H,24,25). The van der Waals surface area contributed by atoms with E-state index >= 15 is 0 Å². The number of carbonyl (C=O) groups is 2. The van der Waals surface area contributed by atoms with Crippen molar-refractivity contribution in [2.24, 2.45) is 5.92 Å². The number of carbonyl (C=O) groups excluding carboxylic acids is 1. The van der Waals surface area contributed by atoms with Gasteiger partial charge in [-0.05, 0) is 47.9 Å². The van der Waals surface area contributed by atoms with E-state index in [1.165, 1.54) is 24.3 Å². The van der Waals surface area contributed by atoms with Crippen molar-refractivity contribution in [3.05, 3.63) is 65.5 Å². The van der Waals surface area contributed by atoms with Crippen LogP contribution in [0.5, 0.6) is 5.75 Å². The van der Waals surface area contributed by atoms with Gasteiger partial charge in [0, 0.05) is 12.1 Å². The number of ether oxygens (including phenoxy) is 1. The average molecular weight is 359 g/mol. The minimum Gasteiger partial charge on any atom is -0.493 e. The van der Waals surface area contributed by atoms with Crippen molar-refractivity contribution in [1.82, 2.24) is 5.32 Å². The van der Waals surface area contributed by atoms with Crippen LogP contribution in [0.1, 0.15) is 35.7 Å². The zero-order chi connectivity index (χ0) is 19.1. The monoisotopic (exact) mass is 359 g/mol. The summed E-state index contributed by atoms with van der Waals surface area (Å²) in [5.74, 6) is -1.79. The molecule has 0 heterocycles. The molecule has 2 aromatic carbocycles. The molecule has 0 fully saturated rings. The largest absolute Gasteiger partial charge is 0.493 e. The van der Waals surface area contributed by atoms with Gasteiger partial charge in [0.1, 0.15) is 11.6 Å². The number of hydrogen-bond acceptors (Lipinski definition) is 3. The second kappa shape index (κ2) is 8.99. The first-order valence-corrected chi connectivity index (χ1v) is 8.36. The smallest absolute Gasteiger partial charge is 0.312 e. The summed E-state index contributed by atoms with van der Waals surface area (Å²) < 4.78 is 18.6. The summed E-state index contributed by atoms with van der Waals surface area (Å²) >= 11 is 0. The van der Waals surface area contributed by atoms with Crippen LogP contribution < -0.4 is 10.1 Å². The van der Waals surface area contributed by atoms with E-state index in [1.807, 2.05) is 13.8 Å². The van der Waals surface area contributed by atoms with E-state index in [-0.39, 0.29) is 12.5 Å². The normalized spacial score (nSPS) is 11.8. The van der Waals surface area contributed by atoms with Gasteiger partial charge in [-0.25, -0.2) is 4.39 Å². The Morgan fingerprint density at radius 3 is 2.23 bits per heavy atom. The maximum atomic E-state index is 13.0. The van der Waals surface area contributed by atoms with Crippen LogP contribution >= 0.6 is 0 Å². The van der Waals surface area contributed by atoms with Crippen molar-refractivity contribution in [3.8, 4) is 5.75 Å². The molecular formula is C20H22FNO4. The van der Waals surface area contributed by atoms with Crippen LogP contribution in [0.15, 0.2) is 48.5 Å². The molecule has 0 aliphatic rings. The zero-order valence-electron chi connectivity index (χ0n) is 14.7. The Labute approximate surface area is 151 Å². The summed E-state index contributed by atoms with van der Waals surface area (Å²) in [6.45, 7) is 4.58. The van der Waals surface area contributed by atoms with Crippen LogP contribution in [0.3, 0.4) is 0 Å². The van der Waals surface area contributed by atoms with E-state index in [2.05, 4.69) is 5.32 Å². The number of benzene rings is 2. The van der Waals surface area contributed by atoms with E-state index in [4.69, 9.17) is 4.74 Å². The van der Waals surface area contributed by atoms with Crippen molar-refractivity contribution in [1.29, 1.82) is 0 Å². The van der Waals surface area contributed by atoms with Crippen LogP contribution in [-0.4, -0.2) is 30.1 Å². The van der Waals surface area contributed by atoms with Gasteiger partial charge in [0.05, 0.1) is 12.5 Å². The highest BCUT2D eigenvalue weighted by atomic mass is 19.1. The lowest BCUT2D eigenvalue weighted by molar-refractivity contribution is -0.138. The minimum absolute atomic E-state index is 0.0919. The van der Waals surface area contributed by atoms with Crippen molar-refractivity contribution in [2.75, 3.05) is 13.2 Å². The molecule has 2 N–H and O–H groups in total. The molecule has 0 aliphatic heterocycles. The van der Waals surface area contributed by atoms with Gasteiger partial charge in [0.2, 0.25) is 0 Å². The molecule has 1 unspecified atom stereocenters. The van der Waals surface area contributed by atoms with Crippen molar-refractivity contribution in [3.63, 3.8) is 0 Å². The summed E-state index contributed by atoms with van der Waals surface area (Å²) in [6.07, 6.45) is 0. The minimum atomic E-state index is -1.09. The summed E-state index contributed by atoms with van der Waals surface area (Å²) in [6, 6.07) is 11.9. The molecule has 138 valence electrons. The zero-order valence-corrected chi connectivity index (χ0v) is 14.7. The Morgan fingerprint density at radius 2 is 1.69 bits per heavy atom. The number of amides is 1. The molecule has 2 rings (SSSR count). The molecule has 26 heavy (non-hydrogen) atoms. The van der Waals surface area contributed by atoms with Crippen molar-refractivity contribution in [2.45, 2.75) is 19.8 Å². The number of carboxylic acids is 1. The number of carboxylic acid groups (broad SMARTS) is 1. The summed E-state index contributed by atoms with van der Waals surface area (Å²) in [5.41, 5.74) is 0.835. The molecule has 0 saturated carbocycles. The number of hydrogen-bond donors (Lipinski definition) is 2.